The first-order valence-corrected chi connectivity index (χ1v) is 8.99. The van der Waals surface area contributed by atoms with Gasteiger partial charge in [-0.15, -0.1) is 0 Å². The van der Waals surface area contributed by atoms with Crippen molar-refractivity contribution in [3.05, 3.63) is 63.4 Å². The van der Waals surface area contributed by atoms with Crippen molar-refractivity contribution < 1.29 is 18.8 Å². The molecule has 8 heteroatoms. The zero-order valence-corrected chi connectivity index (χ0v) is 15.4. The second kappa shape index (κ2) is 7.80. The molecule has 0 unspecified atom stereocenters. The van der Waals surface area contributed by atoms with Crippen molar-refractivity contribution in [2.24, 2.45) is 0 Å². The van der Waals surface area contributed by atoms with Crippen molar-refractivity contribution in [2.75, 3.05) is 13.1 Å². The first-order chi connectivity index (χ1) is 12.4. The summed E-state index contributed by atoms with van der Waals surface area (Å²) in [5, 5.41) is 2.34. The maximum absolute atomic E-state index is 12.4. The van der Waals surface area contributed by atoms with Gasteiger partial charge in [-0.05, 0) is 54.1 Å². The third-order valence-corrected chi connectivity index (χ3v) is 4.78. The second-order valence-corrected chi connectivity index (χ2v) is 6.97. The molecule has 1 aliphatic heterocycles. The molecular formula is C18H15ClN2O4S. The number of aryl methyl sites for hydroxylation is 1. The molecule has 6 nitrogen and oxygen atoms in total. The van der Waals surface area contributed by atoms with E-state index in [2.05, 4.69) is 5.32 Å². The summed E-state index contributed by atoms with van der Waals surface area (Å²) in [4.78, 5) is 37.8. The van der Waals surface area contributed by atoms with Crippen LogP contribution in [0.5, 0.6) is 0 Å². The molecule has 3 amide bonds. The molecule has 1 N–H and O–H groups in total. The van der Waals surface area contributed by atoms with Crippen LogP contribution in [0.25, 0.3) is 6.08 Å². The van der Waals surface area contributed by atoms with E-state index in [9.17, 15) is 14.4 Å². The Morgan fingerprint density at radius 3 is 2.62 bits per heavy atom. The Morgan fingerprint density at radius 2 is 1.96 bits per heavy atom. The Kier molecular flexibility index (Phi) is 5.49. The third-order valence-electron chi connectivity index (χ3n) is 3.67. The van der Waals surface area contributed by atoms with Gasteiger partial charge in [-0.25, -0.2) is 0 Å². The van der Waals surface area contributed by atoms with Crippen LogP contribution in [0.4, 0.5) is 4.79 Å². The molecule has 0 bridgehead atoms. The number of nitrogens with zero attached hydrogens (tertiary/aromatic N) is 1. The lowest BCUT2D eigenvalue weighted by molar-refractivity contribution is -0.122. The van der Waals surface area contributed by atoms with Gasteiger partial charge in [-0.1, -0.05) is 29.8 Å². The number of carbonyl (C=O) groups excluding carboxylic acids is 3. The van der Waals surface area contributed by atoms with E-state index >= 15 is 0 Å². The van der Waals surface area contributed by atoms with Crippen LogP contribution in [0.1, 0.15) is 21.7 Å². The van der Waals surface area contributed by atoms with Gasteiger partial charge in [0.15, 0.2) is 11.0 Å². The molecule has 134 valence electrons. The molecule has 1 saturated heterocycles. The standard InChI is InChI=1S/C18H15ClN2O4S/c1-11-2-4-12(5-3-11)10-14-17(23)21(18(24)26-14)9-8-20-16(22)13-6-7-15(19)25-13/h2-7,10H,8-9H2,1H3,(H,20,22)/b14-10-. The number of nitrogens with one attached hydrogen (secondary N) is 1. The number of imide groups is 1. The van der Waals surface area contributed by atoms with Gasteiger partial charge in [0.05, 0.1) is 4.91 Å². The number of halogens is 1. The van der Waals surface area contributed by atoms with Gasteiger partial charge < -0.3 is 9.73 Å². The number of furan rings is 1. The smallest absolute Gasteiger partial charge is 0.293 e. The number of rotatable bonds is 5. The molecule has 1 fully saturated rings. The van der Waals surface area contributed by atoms with Crippen LogP contribution in [0.3, 0.4) is 0 Å². The molecule has 0 radical (unpaired) electrons. The lowest BCUT2D eigenvalue weighted by Gasteiger charge is -2.12. The lowest BCUT2D eigenvalue weighted by atomic mass is 10.1. The summed E-state index contributed by atoms with van der Waals surface area (Å²) >= 11 is 6.51. The average molecular weight is 391 g/mol. The monoisotopic (exact) mass is 390 g/mol. The molecule has 2 aromatic rings. The van der Waals surface area contributed by atoms with E-state index in [1.165, 1.54) is 12.1 Å². The Bertz CT molecular complexity index is 889. The summed E-state index contributed by atoms with van der Waals surface area (Å²) in [6, 6.07) is 10.6. The fourth-order valence-electron chi connectivity index (χ4n) is 2.31. The number of hydrogen-bond donors (Lipinski definition) is 1. The largest absolute Gasteiger partial charge is 0.440 e. The zero-order valence-electron chi connectivity index (χ0n) is 13.8. The number of hydrogen-bond acceptors (Lipinski definition) is 5. The van der Waals surface area contributed by atoms with Gasteiger partial charge in [0.25, 0.3) is 17.1 Å². The molecular weight excluding hydrogens is 376 g/mol. The van der Waals surface area contributed by atoms with Crippen LogP contribution in [0.15, 0.2) is 45.7 Å². The van der Waals surface area contributed by atoms with Gasteiger partial charge >= 0.3 is 0 Å². The molecule has 26 heavy (non-hydrogen) atoms. The van der Waals surface area contributed by atoms with Gasteiger partial charge in [-0.2, -0.15) is 0 Å². The molecule has 1 aromatic carbocycles. The maximum Gasteiger partial charge on any atom is 0.293 e. The van der Waals surface area contributed by atoms with Crippen LogP contribution >= 0.6 is 23.4 Å². The van der Waals surface area contributed by atoms with Crippen molar-refractivity contribution in [3.63, 3.8) is 0 Å². The van der Waals surface area contributed by atoms with Crippen molar-refractivity contribution >= 4 is 46.5 Å². The fraction of sp³-hybridized carbons (Fsp3) is 0.167. The molecule has 0 saturated carbocycles. The highest BCUT2D eigenvalue weighted by atomic mass is 35.5. The highest BCUT2D eigenvalue weighted by Gasteiger charge is 2.34. The summed E-state index contributed by atoms with van der Waals surface area (Å²) in [6.07, 6.45) is 1.69. The lowest BCUT2D eigenvalue weighted by Crippen LogP contribution is -2.37. The summed E-state index contributed by atoms with van der Waals surface area (Å²) in [6.45, 7) is 2.17. The topological polar surface area (TPSA) is 79.6 Å². The van der Waals surface area contributed by atoms with Crippen molar-refractivity contribution in [3.8, 4) is 0 Å². The predicted molar refractivity (Wildman–Crippen MR) is 99.9 cm³/mol. The van der Waals surface area contributed by atoms with E-state index in [0.717, 1.165) is 27.8 Å². The van der Waals surface area contributed by atoms with Crippen LogP contribution in [-0.2, 0) is 4.79 Å². The molecule has 1 aromatic heterocycles. The predicted octanol–water partition coefficient (Wildman–Crippen LogP) is 3.71. The number of thioether (sulfide) groups is 1. The first-order valence-electron chi connectivity index (χ1n) is 7.79. The van der Waals surface area contributed by atoms with Crippen LogP contribution < -0.4 is 5.32 Å². The summed E-state index contributed by atoms with van der Waals surface area (Å²) in [5.41, 5.74) is 1.97. The number of benzene rings is 1. The molecule has 0 spiro atoms. The minimum absolute atomic E-state index is 0.0726. The van der Waals surface area contributed by atoms with E-state index in [-0.39, 0.29) is 35.2 Å². The third kappa shape index (κ3) is 4.17. The van der Waals surface area contributed by atoms with Crippen molar-refractivity contribution in [2.45, 2.75) is 6.92 Å². The number of carbonyl (C=O) groups is 3. The summed E-state index contributed by atoms with van der Waals surface area (Å²) < 4.78 is 4.99. The highest BCUT2D eigenvalue weighted by molar-refractivity contribution is 8.18. The molecule has 0 aliphatic carbocycles. The Hall–Kier alpha value is -2.51. The minimum atomic E-state index is -0.459. The van der Waals surface area contributed by atoms with Crippen LogP contribution in [0, 0.1) is 6.92 Å². The van der Waals surface area contributed by atoms with Crippen molar-refractivity contribution in [1.29, 1.82) is 0 Å². The second-order valence-electron chi connectivity index (χ2n) is 5.60. The van der Waals surface area contributed by atoms with Gasteiger partial charge in [0.2, 0.25) is 0 Å². The first kappa shape index (κ1) is 18.3. The highest BCUT2D eigenvalue weighted by Crippen LogP contribution is 2.31. The van der Waals surface area contributed by atoms with Crippen LogP contribution in [0.2, 0.25) is 5.22 Å². The van der Waals surface area contributed by atoms with E-state index in [1.54, 1.807) is 6.08 Å². The Morgan fingerprint density at radius 1 is 1.23 bits per heavy atom. The van der Waals surface area contributed by atoms with Gasteiger partial charge in [0, 0.05) is 13.1 Å². The van der Waals surface area contributed by atoms with Gasteiger partial charge in [0.1, 0.15) is 0 Å². The Labute approximate surface area is 159 Å². The van der Waals surface area contributed by atoms with E-state index in [4.69, 9.17) is 16.0 Å². The minimum Gasteiger partial charge on any atom is -0.440 e. The molecule has 3 rings (SSSR count). The normalized spacial score (nSPS) is 15.8. The van der Waals surface area contributed by atoms with E-state index in [1.807, 2.05) is 31.2 Å². The molecule has 1 aliphatic rings. The summed E-state index contributed by atoms with van der Waals surface area (Å²) in [5.74, 6) is -0.752. The zero-order chi connectivity index (χ0) is 18.7. The summed E-state index contributed by atoms with van der Waals surface area (Å²) in [7, 11) is 0. The quantitative estimate of drug-likeness (QED) is 0.787. The maximum atomic E-state index is 12.4. The fourth-order valence-corrected chi connectivity index (χ4v) is 3.32. The molecule has 0 atom stereocenters. The van der Waals surface area contributed by atoms with Gasteiger partial charge in [-0.3, -0.25) is 19.3 Å². The molecule has 2 heterocycles. The SMILES string of the molecule is Cc1ccc(/C=C2\SC(=O)N(CCNC(=O)c3ccc(Cl)o3)C2=O)cc1. The van der Waals surface area contributed by atoms with Crippen molar-refractivity contribution in [1.82, 2.24) is 10.2 Å². The average Bonchev–Trinajstić information content (AvgIpc) is 3.15. The Balaban J connectivity index is 1.58. The van der Waals surface area contributed by atoms with Crippen LogP contribution in [-0.4, -0.2) is 35.0 Å². The van der Waals surface area contributed by atoms with E-state index < -0.39 is 5.91 Å². The number of amides is 3. The van der Waals surface area contributed by atoms with E-state index in [0.29, 0.717) is 4.91 Å².